The standard InChI is InChI=1S/C14H18INS2/c1-4-16(5-2)14-10-13(17-18(14)15)12-8-6-11(3)7-9-12/h6-10H,4-5H2,1-3H3. The molecule has 0 aromatic heterocycles. The summed E-state index contributed by atoms with van der Waals surface area (Å²) >= 11 is 2.56. The van der Waals surface area contributed by atoms with Crippen molar-refractivity contribution in [2.45, 2.75) is 20.8 Å². The molecular weight excluding hydrogens is 373 g/mol. The number of likely N-dealkylation sites (N-methyl/N-ethyl adjacent to an activating group) is 1. The van der Waals surface area contributed by atoms with Gasteiger partial charge in [-0.15, -0.1) is 0 Å². The summed E-state index contributed by atoms with van der Waals surface area (Å²) in [5, 5.41) is 0. The first kappa shape index (κ1) is 14.6. The predicted molar refractivity (Wildman–Crippen MR) is 96.3 cm³/mol. The van der Waals surface area contributed by atoms with Crippen molar-refractivity contribution in [2.24, 2.45) is 0 Å². The maximum absolute atomic E-state index is 2.56. The van der Waals surface area contributed by atoms with Crippen molar-refractivity contribution in [1.29, 1.82) is 0 Å². The highest BCUT2D eigenvalue weighted by Crippen LogP contribution is 2.53. The number of halogens is 1. The molecule has 0 radical (unpaired) electrons. The molecule has 0 saturated carbocycles. The van der Waals surface area contributed by atoms with Crippen LogP contribution < -0.4 is 0 Å². The first-order valence-corrected chi connectivity index (χ1v) is 11.2. The van der Waals surface area contributed by atoms with Gasteiger partial charge < -0.3 is 0 Å². The average molecular weight is 391 g/mol. The Labute approximate surface area is 128 Å². The molecule has 1 aliphatic heterocycles. The summed E-state index contributed by atoms with van der Waals surface area (Å²) in [7, 11) is 1.99. The van der Waals surface area contributed by atoms with Crippen molar-refractivity contribution in [3.05, 3.63) is 41.5 Å². The van der Waals surface area contributed by atoms with Gasteiger partial charge in [0.05, 0.1) is 4.99 Å². The van der Waals surface area contributed by atoms with E-state index in [0.29, 0.717) is 0 Å². The quantitative estimate of drug-likeness (QED) is 0.401. The minimum atomic E-state index is 0.260. The fourth-order valence-corrected chi connectivity index (χ4v) is 7.85. The van der Waals surface area contributed by atoms with Gasteiger partial charge in [-0.05, 0) is 25.3 Å². The number of nitrogens with zero attached hydrogens (tertiary/aromatic N) is 1. The molecule has 0 bridgehead atoms. The number of rotatable bonds is 3. The molecule has 98 valence electrons. The van der Waals surface area contributed by atoms with Crippen LogP contribution in [0.1, 0.15) is 25.0 Å². The third-order valence-corrected chi connectivity index (χ3v) is 8.84. The van der Waals surface area contributed by atoms with E-state index in [-0.39, 0.29) is 6.69 Å². The Hall–Kier alpha value is 0.220. The molecule has 1 atom stereocenters. The van der Waals surface area contributed by atoms with E-state index in [9.17, 15) is 0 Å². The van der Waals surface area contributed by atoms with E-state index in [2.05, 4.69) is 77.2 Å². The normalized spacial score (nSPS) is 19.5. The molecule has 0 fully saturated rings. The molecule has 1 unspecified atom stereocenters. The first-order chi connectivity index (χ1) is 8.65. The van der Waals surface area contributed by atoms with E-state index in [1.165, 1.54) is 21.0 Å². The van der Waals surface area contributed by atoms with E-state index in [4.69, 9.17) is 0 Å². The highest BCUT2D eigenvalue weighted by molar-refractivity contribution is 14.2. The van der Waals surface area contributed by atoms with Crippen molar-refractivity contribution >= 4 is 48.6 Å². The summed E-state index contributed by atoms with van der Waals surface area (Å²) in [5.41, 5.74) is 2.67. The fraction of sp³-hybridized carbons (Fsp3) is 0.357. The molecule has 1 nitrogen and oxygen atoms in total. The van der Waals surface area contributed by atoms with Gasteiger partial charge in [0.1, 0.15) is 0 Å². The SMILES string of the molecule is CCN(CC)C1=S(I)SC(c2ccc(C)cc2)=C1. The second kappa shape index (κ2) is 6.59. The summed E-state index contributed by atoms with van der Waals surface area (Å²) in [6.45, 7) is 9.04. The van der Waals surface area contributed by atoms with Crippen molar-refractivity contribution in [1.82, 2.24) is 4.90 Å². The fourth-order valence-electron chi connectivity index (χ4n) is 1.88. The number of hydrogen-bond acceptors (Lipinski definition) is 2. The largest absolute Gasteiger partial charge is 0.269 e. The molecule has 0 N–H and O–H groups in total. The lowest BCUT2D eigenvalue weighted by atomic mass is 10.1. The van der Waals surface area contributed by atoms with Crippen molar-refractivity contribution in [3.8, 4) is 0 Å². The number of aryl methyl sites for hydroxylation is 1. The smallest absolute Gasteiger partial charge is 0.0627 e. The third-order valence-electron chi connectivity index (χ3n) is 2.99. The Kier molecular flexibility index (Phi) is 5.35. The monoisotopic (exact) mass is 391 g/mol. The predicted octanol–water partition coefficient (Wildman–Crippen LogP) is 5.09. The van der Waals surface area contributed by atoms with Crippen LogP contribution in [0.5, 0.6) is 0 Å². The van der Waals surface area contributed by atoms with Crippen LogP contribution in [0.25, 0.3) is 4.91 Å². The van der Waals surface area contributed by atoms with Crippen LogP contribution in [0.2, 0.25) is 0 Å². The van der Waals surface area contributed by atoms with Gasteiger partial charge in [0.2, 0.25) is 0 Å². The maximum atomic E-state index is 2.56. The first-order valence-electron chi connectivity index (χ1n) is 6.15. The highest BCUT2D eigenvalue weighted by atomic mass is 127. The molecule has 1 heterocycles. The zero-order valence-corrected chi connectivity index (χ0v) is 14.7. The molecule has 0 amide bonds. The van der Waals surface area contributed by atoms with E-state index in [1.807, 2.05) is 10.8 Å². The molecule has 2 rings (SSSR count). The van der Waals surface area contributed by atoms with Gasteiger partial charge >= 0.3 is 0 Å². The second-order valence-electron chi connectivity index (χ2n) is 4.19. The zero-order valence-electron chi connectivity index (χ0n) is 10.9. The van der Waals surface area contributed by atoms with Gasteiger partial charge in [-0.25, -0.2) is 0 Å². The molecule has 0 saturated heterocycles. The lowest BCUT2D eigenvalue weighted by Gasteiger charge is -2.18. The molecule has 4 heteroatoms. The topological polar surface area (TPSA) is 3.24 Å². The Balaban J connectivity index is 2.25. The molecule has 1 aromatic carbocycles. The average Bonchev–Trinajstić information content (AvgIpc) is 2.74. The lowest BCUT2D eigenvalue weighted by molar-refractivity contribution is 0.476. The summed E-state index contributed by atoms with van der Waals surface area (Å²) < 4.78 is 0. The summed E-state index contributed by atoms with van der Waals surface area (Å²) in [4.78, 5) is 5.36. The maximum Gasteiger partial charge on any atom is 0.0627 e. The van der Waals surface area contributed by atoms with E-state index in [1.54, 1.807) is 0 Å². The Bertz CT molecular complexity index is 487. The molecule has 18 heavy (non-hydrogen) atoms. The van der Waals surface area contributed by atoms with Gasteiger partial charge in [-0.2, -0.15) is 0 Å². The zero-order chi connectivity index (χ0) is 13.1. The van der Waals surface area contributed by atoms with E-state index in [0.717, 1.165) is 13.1 Å². The van der Waals surface area contributed by atoms with E-state index < -0.39 is 0 Å². The van der Waals surface area contributed by atoms with Crippen molar-refractivity contribution in [3.63, 3.8) is 0 Å². The molecule has 1 aliphatic rings. The van der Waals surface area contributed by atoms with Crippen LogP contribution >= 0.6 is 38.7 Å². The summed E-state index contributed by atoms with van der Waals surface area (Å²) in [6, 6.07) is 8.84. The minimum absolute atomic E-state index is 0.260. The van der Waals surface area contributed by atoms with Crippen molar-refractivity contribution < 1.29 is 0 Å². The van der Waals surface area contributed by atoms with Crippen LogP contribution in [0.4, 0.5) is 0 Å². The third kappa shape index (κ3) is 3.21. The summed E-state index contributed by atoms with van der Waals surface area (Å²) in [5.74, 6) is 0. The van der Waals surface area contributed by atoms with Gasteiger partial charge in [-0.3, -0.25) is 4.90 Å². The van der Waals surface area contributed by atoms with Gasteiger partial charge in [0.25, 0.3) is 0 Å². The Morgan fingerprint density at radius 2 is 1.78 bits per heavy atom. The molecule has 0 aliphatic carbocycles. The number of hydrogen-bond donors (Lipinski definition) is 0. The van der Waals surface area contributed by atoms with Crippen LogP contribution in [0.15, 0.2) is 30.3 Å². The van der Waals surface area contributed by atoms with Crippen LogP contribution in [-0.4, -0.2) is 23.0 Å². The van der Waals surface area contributed by atoms with Crippen LogP contribution in [0, 0.1) is 6.92 Å². The molecule has 0 spiro atoms. The van der Waals surface area contributed by atoms with Crippen LogP contribution in [-0.2, 0) is 0 Å². The lowest BCUT2D eigenvalue weighted by Crippen LogP contribution is -2.27. The summed E-state index contributed by atoms with van der Waals surface area (Å²) in [6.07, 6.45) is 2.37. The van der Waals surface area contributed by atoms with Gasteiger partial charge in [0, 0.05) is 39.2 Å². The highest BCUT2D eigenvalue weighted by Gasteiger charge is 2.19. The van der Waals surface area contributed by atoms with Crippen LogP contribution in [0.3, 0.4) is 0 Å². The number of benzene rings is 1. The van der Waals surface area contributed by atoms with Crippen molar-refractivity contribution in [2.75, 3.05) is 13.1 Å². The Morgan fingerprint density at radius 1 is 1.17 bits per heavy atom. The van der Waals surface area contributed by atoms with Gasteiger partial charge in [0.15, 0.2) is 0 Å². The Morgan fingerprint density at radius 3 is 2.33 bits per heavy atom. The minimum Gasteiger partial charge on any atom is -0.269 e. The molecular formula is C14H18INS2. The van der Waals surface area contributed by atoms with Gasteiger partial charge in [-0.1, -0.05) is 54.5 Å². The second-order valence-corrected chi connectivity index (χ2v) is 11.6. The van der Waals surface area contributed by atoms with E-state index >= 15 is 0 Å². The molecule has 1 aromatic rings.